The predicted octanol–water partition coefficient (Wildman–Crippen LogP) is 2.87. The average Bonchev–Trinajstić information content (AvgIpc) is 2.84. The minimum atomic E-state index is -0.404. The second-order valence-corrected chi connectivity index (χ2v) is 5.68. The summed E-state index contributed by atoms with van der Waals surface area (Å²) in [6, 6.07) is 6.45. The molecule has 6 nitrogen and oxygen atoms in total. The fraction of sp³-hybridized carbons (Fsp3) is 0.357. The van der Waals surface area contributed by atoms with Crippen molar-refractivity contribution >= 4 is 5.69 Å². The Balaban J connectivity index is 2.21. The molecular weight excluding hydrogens is 256 g/mol. The first-order valence-electron chi connectivity index (χ1n) is 6.39. The fourth-order valence-corrected chi connectivity index (χ4v) is 1.81. The number of H-pyrrole nitrogens is 1. The number of benzene rings is 1. The van der Waals surface area contributed by atoms with Crippen molar-refractivity contribution < 1.29 is 4.92 Å². The average molecular weight is 274 g/mol. The van der Waals surface area contributed by atoms with Gasteiger partial charge in [-0.1, -0.05) is 0 Å². The molecule has 0 amide bonds. The highest BCUT2D eigenvalue weighted by Gasteiger charge is 2.13. The number of hydrogen-bond donors (Lipinski definition) is 2. The summed E-state index contributed by atoms with van der Waals surface area (Å²) >= 11 is 0. The molecule has 0 radical (unpaired) electrons. The standard InChI is InChI=1S/C14H18N4O2/c1-14(2,3)15-8-11-9-16-17-13(11)10-4-6-12(7-5-10)18(19)20/h4-7,9,15H,8H2,1-3H3,(H,16,17). The summed E-state index contributed by atoms with van der Waals surface area (Å²) in [5.41, 5.74) is 2.91. The maximum absolute atomic E-state index is 10.7. The topological polar surface area (TPSA) is 83.8 Å². The van der Waals surface area contributed by atoms with Crippen LogP contribution in [0.4, 0.5) is 5.69 Å². The maximum Gasteiger partial charge on any atom is 0.269 e. The Labute approximate surface area is 117 Å². The third-order valence-corrected chi connectivity index (χ3v) is 2.89. The minimum Gasteiger partial charge on any atom is -0.308 e. The van der Waals surface area contributed by atoms with E-state index >= 15 is 0 Å². The van der Waals surface area contributed by atoms with Gasteiger partial charge in [-0.2, -0.15) is 5.10 Å². The van der Waals surface area contributed by atoms with E-state index in [-0.39, 0.29) is 11.2 Å². The highest BCUT2D eigenvalue weighted by molar-refractivity contribution is 5.64. The second-order valence-electron chi connectivity index (χ2n) is 5.68. The number of aromatic nitrogens is 2. The van der Waals surface area contributed by atoms with Crippen molar-refractivity contribution in [1.82, 2.24) is 15.5 Å². The molecule has 0 aliphatic rings. The molecule has 2 rings (SSSR count). The molecule has 0 bridgehead atoms. The van der Waals surface area contributed by atoms with Gasteiger partial charge in [-0.15, -0.1) is 0 Å². The first kappa shape index (κ1) is 14.2. The Hall–Kier alpha value is -2.21. The van der Waals surface area contributed by atoms with Crippen LogP contribution in [0.2, 0.25) is 0 Å². The molecular formula is C14H18N4O2. The van der Waals surface area contributed by atoms with Crippen LogP contribution in [0, 0.1) is 10.1 Å². The van der Waals surface area contributed by atoms with Crippen LogP contribution in [0.25, 0.3) is 11.3 Å². The van der Waals surface area contributed by atoms with E-state index in [9.17, 15) is 10.1 Å². The number of nitrogens with zero attached hydrogens (tertiary/aromatic N) is 2. The molecule has 0 spiro atoms. The van der Waals surface area contributed by atoms with Crippen molar-refractivity contribution in [3.05, 3.63) is 46.1 Å². The van der Waals surface area contributed by atoms with Crippen LogP contribution >= 0.6 is 0 Å². The van der Waals surface area contributed by atoms with Gasteiger partial charge in [-0.25, -0.2) is 0 Å². The van der Waals surface area contributed by atoms with Crippen molar-refractivity contribution in [2.45, 2.75) is 32.9 Å². The van der Waals surface area contributed by atoms with Gasteiger partial charge in [0.25, 0.3) is 5.69 Å². The molecule has 0 aliphatic heterocycles. The van der Waals surface area contributed by atoms with Gasteiger partial charge in [-0.3, -0.25) is 15.2 Å². The number of nitro benzene ring substituents is 1. The third kappa shape index (κ3) is 3.42. The number of rotatable bonds is 4. The molecule has 0 saturated heterocycles. The molecule has 0 fully saturated rings. The number of nitrogens with one attached hydrogen (secondary N) is 2. The minimum absolute atomic E-state index is 0.0179. The van der Waals surface area contributed by atoms with Gasteiger partial charge >= 0.3 is 0 Å². The van der Waals surface area contributed by atoms with Crippen molar-refractivity contribution in [2.75, 3.05) is 0 Å². The first-order chi connectivity index (χ1) is 9.37. The van der Waals surface area contributed by atoms with Gasteiger partial charge in [0.1, 0.15) is 0 Å². The van der Waals surface area contributed by atoms with Crippen molar-refractivity contribution in [3.8, 4) is 11.3 Å². The second kappa shape index (κ2) is 5.42. The van der Waals surface area contributed by atoms with E-state index in [1.165, 1.54) is 12.1 Å². The molecule has 1 heterocycles. The van der Waals surface area contributed by atoms with Crippen molar-refractivity contribution in [3.63, 3.8) is 0 Å². The van der Waals surface area contributed by atoms with Crippen molar-refractivity contribution in [2.24, 2.45) is 0 Å². The number of nitro groups is 1. The Morgan fingerprint density at radius 1 is 1.30 bits per heavy atom. The molecule has 1 aromatic carbocycles. The van der Waals surface area contributed by atoms with E-state index in [0.717, 1.165) is 16.8 Å². The van der Waals surface area contributed by atoms with E-state index in [0.29, 0.717) is 6.54 Å². The summed E-state index contributed by atoms with van der Waals surface area (Å²) in [7, 11) is 0. The summed E-state index contributed by atoms with van der Waals surface area (Å²) < 4.78 is 0. The van der Waals surface area contributed by atoms with Crippen LogP contribution in [0.3, 0.4) is 0 Å². The zero-order valence-corrected chi connectivity index (χ0v) is 11.8. The summed E-state index contributed by atoms with van der Waals surface area (Å²) in [6.45, 7) is 6.97. The fourth-order valence-electron chi connectivity index (χ4n) is 1.81. The van der Waals surface area contributed by atoms with Gasteiger partial charge in [0.2, 0.25) is 0 Å². The zero-order valence-electron chi connectivity index (χ0n) is 11.8. The lowest BCUT2D eigenvalue weighted by Crippen LogP contribution is -2.35. The summed E-state index contributed by atoms with van der Waals surface area (Å²) in [4.78, 5) is 10.2. The highest BCUT2D eigenvalue weighted by atomic mass is 16.6. The third-order valence-electron chi connectivity index (χ3n) is 2.89. The van der Waals surface area contributed by atoms with Gasteiger partial charge in [0.15, 0.2) is 0 Å². The smallest absolute Gasteiger partial charge is 0.269 e. The molecule has 0 saturated carbocycles. The van der Waals surface area contributed by atoms with E-state index in [2.05, 4.69) is 36.3 Å². The van der Waals surface area contributed by atoms with E-state index in [1.54, 1.807) is 18.3 Å². The molecule has 1 aromatic heterocycles. The van der Waals surface area contributed by atoms with Crippen LogP contribution < -0.4 is 5.32 Å². The molecule has 20 heavy (non-hydrogen) atoms. The quantitative estimate of drug-likeness (QED) is 0.663. The molecule has 2 aromatic rings. The zero-order chi connectivity index (χ0) is 14.8. The molecule has 6 heteroatoms. The van der Waals surface area contributed by atoms with Gasteiger partial charge < -0.3 is 5.32 Å². The molecule has 0 atom stereocenters. The normalized spacial score (nSPS) is 11.6. The highest BCUT2D eigenvalue weighted by Crippen LogP contribution is 2.23. The predicted molar refractivity (Wildman–Crippen MR) is 77.3 cm³/mol. The summed E-state index contributed by atoms with van der Waals surface area (Å²) in [6.07, 6.45) is 1.77. The van der Waals surface area contributed by atoms with E-state index in [1.807, 2.05) is 0 Å². The maximum atomic E-state index is 10.7. The molecule has 0 unspecified atom stereocenters. The molecule has 2 N–H and O–H groups in total. The Morgan fingerprint density at radius 3 is 2.50 bits per heavy atom. The lowest BCUT2D eigenvalue weighted by Gasteiger charge is -2.20. The largest absolute Gasteiger partial charge is 0.308 e. The Bertz CT molecular complexity index is 596. The number of hydrogen-bond acceptors (Lipinski definition) is 4. The molecule has 0 aliphatic carbocycles. The monoisotopic (exact) mass is 274 g/mol. The summed E-state index contributed by atoms with van der Waals surface area (Å²) in [5.74, 6) is 0. The van der Waals surface area contributed by atoms with Crippen LogP contribution in [-0.2, 0) is 6.54 Å². The molecule has 106 valence electrons. The van der Waals surface area contributed by atoms with E-state index in [4.69, 9.17) is 0 Å². The Kier molecular flexibility index (Phi) is 3.85. The first-order valence-corrected chi connectivity index (χ1v) is 6.39. The lowest BCUT2D eigenvalue weighted by molar-refractivity contribution is -0.384. The number of aromatic amines is 1. The SMILES string of the molecule is CC(C)(C)NCc1cn[nH]c1-c1ccc([N+](=O)[O-])cc1. The van der Waals surface area contributed by atoms with Gasteiger partial charge in [-0.05, 0) is 32.9 Å². The van der Waals surface area contributed by atoms with Crippen LogP contribution in [0.1, 0.15) is 26.3 Å². The van der Waals surface area contributed by atoms with Crippen molar-refractivity contribution in [1.29, 1.82) is 0 Å². The Morgan fingerprint density at radius 2 is 1.95 bits per heavy atom. The summed E-state index contributed by atoms with van der Waals surface area (Å²) in [5, 5.41) is 21.1. The number of non-ortho nitro benzene ring substituents is 1. The van der Waals surface area contributed by atoms with Gasteiger partial charge in [0.05, 0.1) is 16.8 Å². The lowest BCUT2D eigenvalue weighted by atomic mass is 10.1. The van der Waals surface area contributed by atoms with E-state index < -0.39 is 4.92 Å². The van der Waals surface area contributed by atoms with Gasteiger partial charge in [0, 0.05) is 35.3 Å². The van der Waals surface area contributed by atoms with Crippen LogP contribution in [-0.4, -0.2) is 20.7 Å². The van der Waals surface area contributed by atoms with Crippen LogP contribution in [0.5, 0.6) is 0 Å². The van der Waals surface area contributed by atoms with Crippen LogP contribution in [0.15, 0.2) is 30.5 Å².